The monoisotopic (exact) mass is 336 g/mol. The molecule has 132 valence electrons. The minimum Gasteiger partial charge on any atom is -0.463 e. The summed E-state index contributed by atoms with van der Waals surface area (Å²) in [7, 11) is 3.17. The number of rotatable bonds is 7. The Kier molecular flexibility index (Phi) is 6.51. The zero-order valence-corrected chi connectivity index (χ0v) is 14.5. The number of aromatic nitrogens is 2. The molecule has 0 radical (unpaired) electrons. The van der Waals surface area contributed by atoms with Crippen LogP contribution in [-0.2, 0) is 19.0 Å². The van der Waals surface area contributed by atoms with Crippen molar-refractivity contribution in [2.75, 3.05) is 20.8 Å². The Morgan fingerprint density at radius 1 is 1.42 bits per heavy atom. The molecular formula is C16H24N4O4. The van der Waals surface area contributed by atoms with Crippen molar-refractivity contribution < 1.29 is 19.0 Å². The summed E-state index contributed by atoms with van der Waals surface area (Å²) < 4.78 is 17.3. The smallest absolute Gasteiger partial charge is 0.337 e. The van der Waals surface area contributed by atoms with E-state index < -0.39 is 0 Å². The molecule has 0 saturated heterocycles. The van der Waals surface area contributed by atoms with E-state index in [2.05, 4.69) is 15.4 Å². The topological polar surface area (TPSA) is 87.0 Å². The molecule has 0 bridgehead atoms. The fraction of sp³-hybridized carbons (Fsp3) is 0.562. The van der Waals surface area contributed by atoms with Gasteiger partial charge in [0.2, 0.25) is 5.96 Å². The molecule has 0 aliphatic carbocycles. The van der Waals surface area contributed by atoms with Crippen LogP contribution in [0.2, 0.25) is 0 Å². The number of carbonyl (C=O) groups excluding carboxylic acids is 1. The highest BCUT2D eigenvalue weighted by Gasteiger charge is 2.30. The first-order chi connectivity index (χ1) is 11.6. The summed E-state index contributed by atoms with van der Waals surface area (Å²) in [6.45, 7) is 3.93. The van der Waals surface area contributed by atoms with Gasteiger partial charge in [0.1, 0.15) is 0 Å². The van der Waals surface area contributed by atoms with Gasteiger partial charge < -0.3 is 19.5 Å². The third kappa shape index (κ3) is 4.21. The van der Waals surface area contributed by atoms with Crippen molar-refractivity contribution in [1.82, 2.24) is 15.1 Å². The zero-order valence-electron chi connectivity index (χ0n) is 14.5. The maximum absolute atomic E-state index is 12.3. The number of hydrogen-bond acceptors (Lipinski definition) is 7. The first kappa shape index (κ1) is 18.2. The number of hydrogen-bond donors (Lipinski definition) is 1. The SMILES string of the molecule is CCOC(=O)C1=C(C)NC(n2cccn2)=NC1CCC(OC)OC. The fourth-order valence-corrected chi connectivity index (χ4v) is 2.57. The number of carbonyl (C=O) groups is 1. The predicted molar refractivity (Wildman–Crippen MR) is 88.4 cm³/mol. The molecule has 0 fully saturated rings. The molecule has 2 rings (SSSR count). The largest absolute Gasteiger partial charge is 0.463 e. The van der Waals surface area contributed by atoms with E-state index in [9.17, 15) is 4.79 Å². The van der Waals surface area contributed by atoms with Crippen molar-refractivity contribution in [3.63, 3.8) is 0 Å². The summed E-state index contributed by atoms with van der Waals surface area (Å²) in [5.74, 6) is 0.212. The molecule has 1 aromatic heterocycles. The molecule has 0 spiro atoms. The summed E-state index contributed by atoms with van der Waals surface area (Å²) in [5.41, 5.74) is 1.24. The number of nitrogens with zero attached hydrogens (tertiary/aromatic N) is 3. The lowest BCUT2D eigenvalue weighted by Crippen LogP contribution is -2.39. The Bertz CT molecular complexity index is 606. The van der Waals surface area contributed by atoms with E-state index in [1.807, 2.05) is 13.0 Å². The van der Waals surface area contributed by atoms with E-state index in [1.54, 1.807) is 38.2 Å². The molecule has 0 saturated carbocycles. The van der Waals surface area contributed by atoms with Crippen molar-refractivity contribution >= 4 is 11.9 Å². The van der Waals surface area contributed by atoms with Gasteiger partial charge in [0.05, 0.1) is 18.2 Å². The Morgan fingerprint density at radius 2 is 2.17 bits per heavy atom. The van der Waals surface area contributed by atoms with Gasteiger partial charge in [0.15, 0.2) is 6.29 Å². The Hall–Kier alpha value is -2.19. The van der Waals surface area contributed by atoms with Gasteiger partial charge in [-0.15, -0.1) is 0 Å². The van der Waals surface area contributed by atoms with Crippen LogP contribution in [0, 0.1) is 0 Å². The van der Waals surface area contributed by atoms with Gasteiger partial charge in [-0.3, -0.25) is 0 Å². The van der Waals surface area contributed by atoms with Crippen LogP contribution in [-0.4, -0.2) is 54.9 Å². The van der Waals surface area contributed by atoms with Gasteiger partial charge in [0.25, 0.3) is 0 Å². The van der Waals surface area contributed by atoms with E-state index in [4.69, 9.17) is 14.2 Å². The standard InChI is InChI=1S/C16H24N4O4/c1-5-24-15(21)14-11(2)18-16(20-10-6-9-17-20)19-12(14)7-8-13(22-3)23-4/h6,9-10,12-13H,5,7-8H2,1-4H3,(H,18,19). The van der Waals surface area contributed by atoms with Crippen molar-refractivity contribution in [2.24, 2.45) is 4.99 Å². The molecule has 0 amide bonds. The van der Waals surface area contributed by atoms with Crippen LogP contribution in [0.3, 0.4) is 0 Å². The number of methoxy groups -OCH3 is 2. The Morgan fingerprint density at radius 3 is 2.75 bits per heavy atom. The van der Waals surface area contributed by atoms with Gasteiger partial charge in [-0.05, 0) is 26.3 Å². The van der Waals surface area contributed by atoms with Gasteiger partial charge in [-0.25, -0.2) is 14.5 Å². The summed E-state index contributed by atoms with van der Waals surface area (Å²) >= 11 is 0. The number of allylic oxidation sites excluding steroid dienone is 1. The highest BCUT2D eigenvalue weighted by atomic mass is 16.7. The Labute approximate surface area is 141 Å². The summed E-state index contributed by atoms with van der Waals surface area (Å²) in [6, 6.07) is 1.46. The number of ether oxygens (including phenoxy) is 3. The lowest BCUT2D eigenvalue weighted by atomic mass is 9.99. The number of aliphatic imine (C=N–C) groups is 1. The number of nitrogens with one attached hydrogen (secondary N) is 1. The Balaban J connectivity index is 2.24. The normalized spacial score (nSPS) is 17.7. The summed E-state index contributed by atoms with van der Waals surface area (Å²) in [4.78, 5) is 17.0. The van der Waals surface area contributed by atoms with E-state index >= 15 is 0 Å². The summed E-state index contributed by atoms with van der Waals surface area (Å²) in [6.07, 6.45) is 4.31. The van der Waals surface area contributed by atoms with Gasteiger partial charge in [-0.2, -0.15) is 5.10 Å². The summed E-state index contributed by atoms with van der Waals surface area (Å²) in [5, 5.41) is 7.30. The molecule has 1 aliphatic rings. The molecule has 1 aromatic rings. The van der Waals surface area contributed by atoms with Crippen molar-refractivity contribution in [1.29, 1.82) is 0 Å². The molecule has 0 aromatic carbocycles. The first-order valence-electron chi connectivity index (χ1n) is 7.89. The molecule has 8 heteroatoms. The maximum Gasteiger partial charge on any atom is 0.337 e. The quantitative estimate of drug-likeness (QED) is 0.596. The minimum absolute atomic E-state index is 0.316. The third-order valence-electron chi connectivity index (χ3n) is 3.73. The molecule has 2 heterocycles. The van der Waals surface area contributed by atoms with E-state index in [1.165, 1.54) is 0 Å². The van der Waals surface area contributed by atoms with Gasteiger partial charge >= 0.3 is 5.97 Å². The van der Waals surface area contributed by atoms with Crippen LogP contribution in [0.25, 0.3) is 0 Å². The lowest BCUT2D eigenvalue weighted by molar-refractivity contribution is -0.139. The van der Waals surface area contributed by atoms with Crippen LogP contribution in [0.5, 0.6) is 0 Å². The highest BCUT2D eigenvalue weighted by molar-refractivity contribution is 5.95. The lowest BCUT2D eigenvalue weighted by Gasteiger charge is -2.26. The van der Waals surface area contributed by atoms with Crippen LogP contribution >= 0.6 is 0 Å². The van der Waals surface area contributed by atoms with Crippen LogP contribution in [0.4, 0.5) is 0 Å². The fourth-order valence-electron chi connectivity index (χ4n) is 2.57. The zero-order chi connectivity index (χ0) is 17.5. The third-order valence-corrected chi connectivity index (χ3v) is 3.73. The second-order valence-corrected chi connectivity index (χ2v) is 5.28. The maximum atomic E-state index is 12.3. The van der Waals surface area contributed by atoms with Crippen molar-refractivity contribution in [2.45, 2.75) is 39.0 Å². The van der Waals surface area contributed by atoms with Crippen LogP contribution in [0.1, 0.15) is 26.7 Å². The molecule has 1 unspecified atom stereocenters. The second kappa shape index (κ2) is 8.60. The minimum atomic E-state index is -0.359. The second-order valence-electron chi connectivity index (χ2n) is 5.28. The molecular weight excluding hydrogens is 312 g/mol. The number of esters is 1. The van der Waals surface area contributed by atoms with Gasteiger partial charge in [-0.1, -0.05) is 0 Å². The average Bonchev–Trinajstić information content (AvgIpc) is 3.10. The predicted octanol–water partition coefficient (Wildman–Crippen LogP) is 1.30. The van der Waals surface area contributed by atoms with E-state index in [0.29, 0.717) is 36.7 Å². The van der Waals surface area contributed by atoms with Crippen LogP contribution < -0.4 is 5.32 Å². The van der Waals surface area contributed by atoms with Crippen molar-refractivity contribution in [3.8, 4) is 0 Å². The van der Waals surface area contributed by atoms with Gasteiger partial charge in [0, 0.05) is 38.7 Å². The molecule has 8 nitrogen and oxygen atoms in total. The molecule has 1 atom stereocenters. The first-order valence-corrected chi connectivity index (χ1v) is 7.89. The van der Waals surface area contributed by atoms with Crippen LogP contribution in [0.15, 0.2) is 34.7 Å². The van der Waals surface area contributed by atoms with E-state index in [0.717, 1.165) is 0 Å². The molecule has 1 N–H and O–H groups in total. The molecule has 24 heavy (non-hydrogen) atoms. The van der Waals surface area contributed by atoms with E-state index in [-0.39, 0.29) is 18.3 Å². The highest BCUT2D eigenvalue weighted by Crippen LogP contribution is 2.23. The average molecular weight is 336 g/mol. The molecule has 1 aliphatic heterocycles. The van der Waals surface area contributed by atoms with Crippen molar-refractivity contribution in [3.05, 3.63) is 29.7 Å².